The van der Waals surface area contributed by atoms with Gasteiger partial charge in [-0.05, 0) is 56.7 Å². The molecule has 0 aliphatic carbocycles. The molecular formula is C21H24N2O4S. The second-order valence-electron chi connectivity index (χ2n) is 6.77. The topological polar surface area (TPSA) is 70.1 Å². The number of thiophene rings is 1. The van der Waals surface area contributed by atoms with E-state index in [2.05, 4.69) is 0 Å². The molecule has 6 nitrogen and oxygen atoms in total. The minimum Gasteiger partial charge on any atom is -0.507 e. The van der Waals surface area contributed by atoms with Crippen LogP contribution in [0.1, 0.15) is 23.4 Å². The summed E-state index contributed by atoms with van der Waals surface area (Å²) < 4.78 is 5.43. The Balaban J connectivity index is 2.04. The lowest BCUT2D eigenvalue weighted by molar-refractivity contribution is -0.140. The predicted molar refractivity (Wildman–Crippen MR) is 109 cm³/mol. The number of carbonyl (C=O) groups is 2. The Morgan fingerprint density at radius 3 is 2.50 bits per heavy atom. The number of benzene rings is 1. The molecule has 7 heteroatoms. The van der Waals surface area contributed by atoms with Crippen molar-refractivity contribution in [2.75, 3.05) is 33.8 Å². The van der Waals surface area contributed by atoms with E-state index >= 15 is 0 Å². The number of ketones is 1. The first-order chi connectivity index (χ1) is 13.4. The van der Waals surface area contributed by atoms with E-state index in [1.54, 1.807) is 29.2 Å². The van der Waals surface area contributed by atoms with Gasteiger partial charge in [-0.15, -0.1) is 11.3 Å². The molecule has 0 saturated carbocycles. The van der Waals surface area contributed by atoms with Crippen molar-refractivity contribution in [3.05, 3.63) is 57.8 Å². The van der Waals surface area contributed by atoms with Gasteiger partial charge in [-0.1, -0.05) is 6.07 Å². The molecule has 3 rings (SSSR count). The number of hydrogen-bond donors (Lipinski definition) is 1. The SMILES string of the molecule is CCOc1ccc(/C(O)=C2/C(=O)C(=O)N(CCN(C)C)C2c2cccs2)cc1. The van der Waals surface area contributed by atoms with Crippen LogP contribution in [0.3, 0.4) is 0 Å². The molecule has 1 aliphatic rings. The van der Waals surface area contributed by atoms with Crippen LogP contribution in [-0.2, 0) is 9.59 Å². The highest BCUT2D eigenvalue weighted by molar-refractivity contribution is 7.10. The number of nitrogens with zero attached hydrogens (tertiary/aromatic N) is 2. The van der Waals surface area contributed by atoms with E-state index in [0.717, 1.165) is 4.88 Å². The van der Waals surface area contributed by atoms with Gasteiger partial charge >= 0.3 is 0 Å². The summed E-state index contributed by atoms with van der Waals surface area (Å²) >= 11 is 1.46. The molecule has 1 aromatic heterocycles. The Hall–Kier alpha value is -2.64. The van der Waals surface area contributed by atoms with Gasteiger partial charge in [0.1, 0.15) is 11.5 Å². The van der Waals surface area contributed by atoms with Crippen LogP contribution >= 0.6 is 11.3 Å². The number of ether oxygens (including phenoxy) is 1. The minimum absolute atomic E-state index is 0.135. The first kappa shape index (κ1) is 20.1. The Bertz CT molecular complexity index is 872. The standard InChI is InChI=1S/C21H24N2O4S/c1-4-27-15-9-7-14(8-10-15)19(24)17-18(16-6-5-13-28-16)23(12-11-22(2)3)21(26)20(17)25/h5-10,13,18,24H,4,11-12H2,1-3H3/b19-17-. The number of Topliss-reactive ketones (excluding diaryl/α,β-unsaturated/α-hetero) is 1. The Morgan fingerprint density at radius 2 is 1.93 bits per heavy atom. The fourth-order valence-electron chi connectivity index (χ4n) is 3.19. The summed E-state index contributed by atoms with van der Waals surface area (Å²) in [5.74, 6) is -0.705. The molecule has 1 unspecified atom stereocenters. The second-order valence-corrected chi connectivity index (χ2v) is 7.75. The van der Waals surface area contributed by atoms with Gasteiger partial charge in [0.15, 0.2) is 0 Å². The van der Waals surface area contributed by atoms with Crippen LogP contribution in [0.4, 0.5) is 0 Å². The number of hydrogen-bond acceptors (Lipinski definition) is 6. The smallest absolute Gasteiger partial charge is 0.295 e. The van der Waals surface area contributed by atoms with Crippen LogP contribution in [0.2, 0.25) is 0 Å². The van der Waals surface area contributed by atoms with Crippen LogP contribution in [0.15, 0.2) is 47.4 Å². The highest BCUT2D eigenvalue weighted by Gasteiger charge is 2.46. The maximum absolute atomic E-state index is 12.8. The summed E-state index contributed by atoms with van der Waals surface area (Å²) in [5, 5.41) is 12.8. The molecule has 0 spiro atoms. The molecule has 1 N–H and O–H groups in total. The van der Waals surface area contributed by atoms with Gasteiger partial charge in [-0.2, -0.15) is 0 Å². The van der Waals surface area contributed by atoms with Crippen LogP contribution in [0.25, 0.3) is 5.76 Å². The molecule has 1 fully saturated rings. The molecule has 0 bridgehead atoms. The van der Waals surface area contributed by atoms with Crippen molar-refractivity contribution in [1.82, 2.24) is 9.80 Å². The average molecular weight is 401 g/mol. The fourth-order valence-corrected chi connectivity index (χ4v) is 4.04. The summed E-state index contributed by atoms with van der Waals surface area (Å²) in [4.78, 5) is 29.9. The Labute approximate surface area is 168 Å². The molecular weight excluding hydrogens is 376 g/mol. The molecule has 28 heavy (non-hydrogen) atoms. The normalized spacial score (nSPS) is 18.9. The lowest BCUT2D eigenvalue weighted by atomic mass is 10.00. The molecule has 1 saturated heterocycles. The lowest BCUT2D eigenvalue weighted by Gasteiger charge is -2.25. The third-order valence-electron chi connectivity index (χ3n) is 4.58. The number of rotatable bonds is 7. The summed E-state index contributed by atoms with van der Waals surface area (Å²) in [6.07, 6.45) is 0. The highest BCUT2D eigenvalue weighted by Crippen LogP contribution is 2.41. The van der Waals surface area contributed by atoms with E-state index in [0.29, 0.717) is 31.0 Å². The summed E-state index contributed by atoms with van der Waals surface area (Å²) in [6.45, 7) is 3.46. The molecule has 1 aliphatic heterocycles. The quantitative estimate of drug-likeness (QED) is 0.439. The van der Waals surface area contributed by atoms with Crippen LogP contribution in [0.5, 0.6) is 5.75 Å². The molecule has 148 valence electrons. The van der Waals surface area contributed by atoms with Gasteiger partial charge in [0, 0.05) is 23.5 Å². The zero-order chi connectivity index (χ0) is 20.3. The molecule has 1 atom stereocenters. The maximum Gasteiger partial charge on any atom is 0.295 e. The van der Waals surface area contributed by atoms with E-state index in [9.17, 15) is 14.7 Å². The highest BCUT2D eigenvalue weighted by atomic mass is 32.1. The third kappa shape index (κ3) is 3.95. The summed E-state index contributed by atoms with van der Waals surface area (Å²) in [7, 11) is 3.83. The van der Waals surface area contributed by atoms with Crippen molar-refractivity contribution in [1.29, 1.82) is 0 Å². The number of aliphatic hydroxyl groups is 1. The van der Waals surface area contributed by atoms with E-state index < -0.39 is 17.7 Å². The number of likely N-dealkylation sites (N-methyl/N-ethyl adjacent to an activating group) is 1. The van der Waals surface area contributed by atoms with Crippen molar-refractivity contribution in [3.8, 4) is 5.75 Å². The zero-order valence-electron chi connectivity index (χ0n) is 16.2. The van der Waals surface area contributed by atoms with Crippen molar-refractivity contribution < 1.29 is 19.4 Å². The summed E-state index contributed by atoms with van der Waals surface area (Å²) in [6, 6.07) is 10.0. The number of likely N-dealkylation sites (tertiary alicyclic amines) is 1. The molecule has 1 aromatic carbocycles. The number of amides is 1. The van der Waals surface area contributed by atoms with Gasteiger partial charge in [0.25, 0.3) is 11.7 Å². The Kier molecular flexibility index (Phi) is 6.16. The monoisotopic (exact) mass is 400 g/mol. The average Bonchev–Trinajstić information content (AvgIpc) is 3.28. The van der Waals surface area contributed by atoms with Crippen molar-refractivity contribution in [2.24, 2.45) is 0 Å². The van der Waals surface area contributed by atoms with E-state index in [-0.39, 0.29) is 11.3 Å². The summed E-state index contributed by atoms with van der Waals surface area (Å²) in [5.41, 5.74) is 0.617. The fraction of sp³-hybridized carbons (Fsp3) is 0.333. The van der Waals surface area contributed by atoms with Gasteiger partial charge < -0.3 is 19.6 Å². The van der Waals surface area contributed by atoms with Crippen molar-refractivity contribution in [2.45, 2.75) is 13.0 Å². The zero-order valence-corrected chi connectivity index (χ0v) is 17.0. The first-order valence-corrected chi connectivity index (χ1v) is 10.0. The maximum atomic E-state index is 12.8. The van der Waals surface area contributed by atoms with E-state index in [1.807, 2.05) is 43.4 Å². The predicted octanol–water partition coefficient (Wildman–Crippen LogP) is 3.13. The number of carbonyl (C=O) groups excluding carboxylic acids is 2. The molecule has 1 amide bonds. The van der Waals surface area contributed by atoms with Crippen LogP contribution in [-0.4, -0.2) is 60.4 Å². The van der Waals surface area contributed by atoms with Gasteiger partial charge in [-0.25, -0.2) is 0 Å². The lowest BCUT2D eigenvalue weighted by Crippen LogP contribution is -2.35. The van der Waals surface area contributed by atoms with E-state index in [1.165, 1.54) is 11.3 Å². The first-order valence-electron chi connectivity index (χ1n) is 9.13. The van der Waals surface area contributed by atoms with Crippen LogP contribution in [0, 0.1) is 0 Å². The van der Waals surface area contributed by atoms with E-state index in [4.69, 9.17) is 4.74 Å². The van der Waals surface area contributed by atoms with Gasteiger partial charge in [0.2, 0.25) is 0 Å². The molecule has 0 radical (unpaired) electrons. The van der Waals surface area contributed by atoms with Crippen molar-refractivity contribution in [3.63, 3.8) is 0 Å². The Morgan fingerprint density at radius 1 is 1.21 bits per heavy atom. The van der Waals surface area contributed by atoms with Gasteiger partial charge in [-0.3, -0.25) is 9.59 Å². The third-order valence-corrected chi connectivity index (χ3v) is 5.50. The molecule has 2 aromatic rings. The molecule has 2 heterocycles. The van der Waals surface area contributed by atoms with Crippen LogP contribution < -0.4 is 4.74 Å². The largest absolute Gasteiger partial charge is 0.507 e. The second kappa shape index (κ2) is 8.58. The van der Waals surface area contributed by atoms with Crippen molar-refractivity contribution >= 4 is 28.8 Å². The number of aliphatic hydroxyl groups excluding tert-OH is 1. The minimum atomic E-state index is -0.649. The van der Waals surface area contributed by atoms with Gasteiger partial charge in [0.05, 0.1) is 18.2 Å².